The number of ether oxygens (including phenoxy) is 1. The molecule has 0 aliphatic carbocycles. The number of nitrogens with zero attached hydrogens (tertiary/aromatic N) is 2. The molecule has 1 unspecified atom stereocenters. The van der Waals surface area contributed by atoms with Crippen molar-refractivity contribution in [3.05, 3.63) is 64.2 Å². The number of fused-ring (bicyclic) bond motifs is 4. The molecule has 1 N–H and O–H groups in total. The Bertz CT molecular complexity index is 1250. The Balaban J connectivity index is 1.17. The van der Waals surface area contributed by atoms with E-state index in [1.54, 1.807) is 4.90 Å². The highest BCUT2D eigenvalue weighted by atomic mass is 16.5. The van der Waals surface area contributed by atoms with Gasteiger partial charge in [-0.1, -0.05) is 44.2 Å². The van der Waals surface area contributed by atoms with Crippen molar-refractivity contribution in [1.29, 1.82) is 0 Å². The van der Waals surface area contributed by atoms with Crippen LogP contribution in [0.4, 0.5) is 0 Å². The number of carbonyl (C=O) groups excluding carboxylic acids is 3. The van der Waals surface area contributed by atoms with Crippen LogP contribution in [0.3, 0.4) is 0 Å². The average molecular weight is 488 g/mol. The van der Waals surface area contributed by atoms with Crippen LogP contribution < -0.4 is 10.1 Å². The zero-order valence-corrected chi connectivity index (χ0v) is 21.0. The van der Waals surface area contributed by atoms with Gasteiger partial charge in [0, 0.05) is 35.1 Å². The Kier molecular flexibility index (Phi) is 5.63. The summed E-state index contributed by atoms with van der Waals surface area (Å²) < 4.78 is 6.31. The number of likely N-dealkylation sites (tertiary alicyclic amines) is 1. The van der Waals surface area contributed by atoms with E-state index in [9.17, 15) is 14.4 Å². The van der Waals surface area contributed by atoms with Crippen molar-refractivity contribution in [3.63, 3.8) is 0 Å². The van der Waals surface area contributed by atoms with Crippen LogP contribution in [-0.4, -0.2) is 53.3 Å². The molecule has 0 bridgehead atoms. The van der Waals surface area contributed by atoms with E-state index in [0.29, 0.717) is 31.1 Å². The summed E-state index contributed by atoms with van der Waals surface area (Å²) in [6.07, 6.45) is 2.67. The fraction of sp³-hybridized carbons (Fsp3) is 0.483. The highest BCUT2D eigenvalue weighted by Gasteiger charge is 2.47. The maximum atomic E-state index is 13.2. The molecule has 7 heteroatoms. The maximum Gasteiger partial charge on any atom is 0.255 e. The minimum absolute atomic E-state index is 0.0221. The SMILES string of the molecule is CC(C)c1cccc(CN2CCC3(CC2)COc2c3ccc3c2CN(C2CCC(=O)NC2=O)C3=O)c1. The van der Waals surface area contributed by atoms with E-state index in [-0.39, 0.29) is 29.6 Å². The van der Waals surface area contributed by atoms with Gasteiger partial charge in [-0.05, 0) is 55.5 Å². The molecule has 4 aliphatic heterocycles. The summed E-state index contributed by atoms with van der Waals surface area (Å²) in [6, 6.07) is 12.3. The van der Waals surface area contributed by atoms with Gasteiger partial charge in [0.1, 0.15) is 11.8 Å². The summed E-state index contributed by atoms with van der Waals surface area (Å²) in [4.78, 5) is 41.3. The normalized spacial score (nSPS) is 23.1. The molecule has 4 heterocycles. The second-order valence-electron chi connectivity index (χ2n) is 11.1. The highest BCUT2D eigenvalue weighted by molar-refractivity contribution is 6.05. The molecular formula is C29H33N3O4. The molecule has 2 aromatic rings. The van der Waals surface area contributed by atoms with Crippen molar-refractivity contribution in [3.8, 4) is 5.75 Å². The Hall–Kier alpha value is -3.19. The summed E-state index contributed by atoms with van der Waals surface area (Å²) in [5, 5.41) is 2.37. The highest BCUT2D eigenvalue weighted by Crippen LogP contribution is 2.49. The lowest BCUT2D eigenvalue weighted by Gasteiger charge is -2.38. The van der Waals surface area contributed by atoms with Gasteiger partial charge >= 0.3 is 0 Å². The molecule has 3 amide bonds. The van der Waals surface area contributed by atoms with Gasteiger partial charge in [-0.15, -0.1) is 0 Å². The standard InChI is InChI=1S/C29H33N3O4/c1-18(2)20-5-3-4-19(14-20)15-31-12-10-29(11-13-31)17-36-26-22-16-32(24-8-9-25(33)30-27(24)34)28(35)21(22)6-7-23(26)29/h3-7,14,18,24H,8-13,15-17H2,1-2H3,(H,30,33,34). The van der Waals surface area contributed by atoms with Crippen LogP contribution in [0.25, 0.3) is 0 Å². The molecule has 7 nitrogen and oxygen atoms in total. The van der Waals surface area contributed by atoms with Crippen molar-refractivity contribution in [1.82, 2.24) is 15.1 Å². The Morgan fingerprint density at radius 3 is 2.67 bits per heavy atom. The van der Waals surface area contributed by atoms with Gasteiger partial charge in [0.05, 0.1) is 13.2 Å². The molecule has 1 spiro atoms. The zero-order valence-electron chi connectivity index (χ0n) is 21.0. The fourth-order valence-electron chi connectivity index (χ4n) is 6.35. The number of rotatable bonds is 4. The first-order valence-electron chi connectivity index (χ1n) is 13.1. The Morgan fingerprint density at radius 2 is 1.92 bits per heavy atom. The number of amides is 3. The van der Waals surface area contributed by atoms with Gasteiger partial charge in [0.2, 0.25) is 11.8 Å². The second-order valence-corrected chi connectivity index (χ2v) is 11.1. The molecule has 6 rings (SSSR count). The van der Waals surface area contributed by atoms with Gasteiger partial charge in [-0.3, -0.25) is 24.6 Å². The lowest BCUT2D eigenvalue weighted by Crippen LogP contribution is -2.52. The molecule has 0 aromatic heterocycles. The smallest absolute Gasteiger partial charge is 0.255 e. The van der Waals surface area contributed by atoms with Gasteiger partial charge in [-0.25, -0.2) is 0 Å². The number of carbonyl (C=O) groups is 3. The van der Waals surface area contributed by atoms with Gasteiger partial charge < -0.3 is 9.64 Å². The zero-order chi connectivity index (χ0) is 25.0. The number of hydrogen-bond acceptors (Lipinski definition) is 5. The Labute approximate surface area is 211 Å². The lowest BCUT2D eigenvalue weighted by molar-refractivity contribution is -0.136. The quantitative estimate of drug-likeness (QED) is 0.668. The van der Waals surface area contributed by atoms with E-state index in [1.807, 2.05) is 6.07 Å². The summed E-state index contributed by atoms with van der Waals surface area (Å²) in [5.74, 6) is 0.568. The fourth-order valence-corrected chi connectivity index (χ4v) is 6.35. The predicted octanol–water partition coefficient (Wildman–Crippen LogP) is 3.50. The topological polar surface area (TPSA) is 79.0 Å². The number of imide groups is 1. The van der Waals surface area contributed by atoms with Crippen molar-refractivity contribution < 1.29 is 19.1 Å². The van der Waals surface area contributed by atoms with Crippen LogP contribution in [0, 0.1) is 0 Å². The minimum atomic E-state index is -0.606. The van der Waals surface area contributed by atoms with Crippen molar-refractivity contribution in [2.45, 2.75) is 70.0 Å². The monoisotopic (exact) mass is 487 g/mol. The van der Waals surface area contributed by atoms with E-state index in [1.165, 1.54) is 16.7 Å². The van der Waals surface area contributed by atoms with Crippen molar-refractivity contribution in [2.24, 2.45) is 0 Å². The van der Waals surface area contributed by atoms with Crippen LogP contribution >= 0.6 is 0 Å². The maximum absolute atomic E-state index is 13.2. The molecule has 2 fully saturated rings. The average Bonchev–Trinajstić information content (AvgIpc) is 3.39. The molecule has 188 valence electrons. The van der Waals surface area contributed by atoms with Gasteiger partial charge in [-0.2, -0.15) is 0 Å². The number of benzene rings is 2. The van der Waals surface area contributed by atoms with Crippen LogP contribution in [0.1, 0.15) is 78.1 Å². The minimum Gasteiger partial charge on any atom is -0.492 e. The first-order valence-corrected chi connectivity index (χ1v) is 13.1. The second kappa shape index (κ2) is 8.73. The molecule has 1 atom stereocenters. The largest absolute Gasteiger partial charge is 0.492 e. The molecule has 36 heavy (non-hydrogen) atoms. The number of piperidine rings is 2. The number of nitrogens with one attached hydrogen (secondary N) is 1. The summed E-state index contributed by atoms with van der Waals surface area (Å²) in [7, 11) is 0. The molecule has 0 saturated carbocycles. The molecule has 0 radical (unpaired) electrons. The molecule has 4 aliphatic rings. The van der Waals surface area contributed by atoms with E-state index in [0.717, 1.165) is 43.8 Å². The first kappa shape index (κ1) is 23.2. The molecule has 2 saturated heterocycles. The van der Waals surface area contributed by atoms with Crippen LogP contribution in [0.5, 0.6) is 5.75 Å². The molecular weight excluding hydrogens is 454 g/mol. The number of hydrogen-bond donors (Lipinski definition) is 1. The lowest BCUT2D eigenvalue weighted by atomic mass is 9.74. The molecule has 2 aromatic carbocycles. The van der Waals surface area contributed by atoms with Crippen LogP contribution in [0.15, 0.2) is 36.4 Å². The van der Waals surface area contributed by atoms with Gasteiger partial charge in [0.15, 0.2) is 0 Å². The summed E-state index contributed by atoms with van der Waals surface area (Å²) >= 11 is 0. The van der Waals surface area contributed by atoms with E-state index < -0.39 is 6.04 Å². The summed E-state index contributed by atoms with van der Waals surface area (Å²) in [5.41, 5.74) is 5.45. The Morgan fingerprint density at radius 1 is 1.11 bits per heavy atom. The van der Waals surface area contributed by atoms with Gasteiger partial charge in [0.25, 0.3) is 5.91 Å². The predicted molar refractivity (Wildman–Crippen MR) is 135 cm³/mol. The van der Waals surface area contributed by atoms with E-state index in [4.69, 9.17) is 4.74 Å². The third kappa shape index (κ3) is 3.81. The summed E-state index contributed by atoms with van der Waals surface area (Å²) in [6.45, 7) is 8.44. The van der Waals surface area contributed by atoms with Crippen molar-refractivity contribution >= 4 is 17.7 Å². The van der Waals surface area contributed by atoms with E-state index in [2.05, 4.69) is 54.4 Å². The third-order valence-electron chi connectivity index (χ3n) is 8.57. The van der Waals surface area contributed by atoms with Crippen LogP contribution in [-0.2, 0) is 28.1 Å². The first-order chi connectivity index (χ1) is 17.3. The third-order valence-corrected chi connectivity index (χ3v) is 8.57. The van der Waals surface area contributed by atoms with Crippen molar-refractivity contribution in [2.75, 3.05) is 19.7 Å². The van der Waals surface area contributed by atoms with Crippen LogP contribution in [0.2, 0.25) is 0 Å². The van der Waals surface area contributed by atoms with E-state index >= 15 is 0 Å².